The van der Waals surface area contributed by atoms with Gasteiger partial charge in [0, 0.05) is 10.9 Å². The van der Waals surface area contributed by atoms with Crippen LogP contribution in [-0.4, -0.2) is 0 Å². The Hall–Kier alpha value is -2.74. The number of benzene rings is 3. The lowest BCUT2D eigenvalue weighted by Gasteiger charge is -2.10. The fourth-order valence-electron chi connectivity index (χ4n) is 3.13. The van der Waals surface area contributed by atoms with Crippen LogP contribution in [0.1, 0.15) is 24.0 Å². The number of hydrogen-bond acceptors (Lipinski definition) is 0. The second-order valence-electron chi connectivity index (χ2n) is 6.46. The van der Waals surface area contributed by atoms with Crippen molar-refractivity contribution in [3.8, 4) is 11.1 Å². The van der Waals surface area contributed by atoms with E-state index in [1.165, 1.54) is 0 Å². The van der Waals surface area contributed by atoms with Crippen molar-refractivity contribution in [2.75, 3.05) is 0 Å². The molecule has 0 bridgehead atoms. The summed E-state index contributed by atoms with van der Waals surface area (Å²) in [7, 11) is 0. The van der Waals surface area contributed by atoms with Crippen LogP contribution in [0.4, 0.5) is 8.78 Å². The molecule has 0 nitrogen and oxygen atoms in total. The third-order valence-corrected chi connectivity index (χ3v) is 4.62. The summed E-state index contributed by atoms with van der Waals surface area (Å²) in [5.41, 5.74) is 3.11. The smallest absolute Gasteiger partial charge is 0.167 e. The SMILES string of the molecule is C=CCCc1ccc(-c2cc3ccc(CCC=C)cc3c(F)c2F)cc1. The lowest BCUT2D eigenvalue weighted by Crippen LogP contribution is -1.94. The van der Waals surface area contributed by atoms with Crippen molar-refractivity contribution in [3.05, 3.63) is 96.6 Å². The Labute approximate surface area is 153 Å². The van der Waals surface area contributed by atoms with Gasteiger partial charge in [0.05, 0.1) is 0 Å². The maximum Gasteiger partial charge on any atom is 0.167 e. The fraction of sp³-hybridized carbons (Fsp3) is 0.167. The van der Waals surface area contributed by atoms with Crippen molar-refractivity contribution < 1.29 is 8.78 Å². The number of rotatable bonds is 7. The summed E-state index contributed by atoms with van der Waals surface area (Å²) in [5, 5.41) is 1.03. The Morgan fingerprint density at radius 2 is 1.35 bits per heavy atom. The van der Waals surface area contributed by atoms with Crippen molar-refractivity contribution in [1.29, 1.82) is 0 Å². The molecule has 0 aliphatic heterocycles. The summed E-state index contributed by atoms with van der Waals surface area (Å²) in [6.07, 6.45) is 7.07. The highest BCUT2D eigenvalue weighted by Crippen LogP contribution is 2.31. The Kier molecular flexibility index (Phi) is 5.62. The van der Waals surface area contributed by atoms with Crippen LogP contribution in [0.25, 0.3) is 21.9 Å². The molecule has 132 valence electrons. The zero-order chi connectivity index (χ0) is 18.5. The largest absolute Gasteiger partial charge is 0.203 e. The summed E-state index contributed by atoms with van der Waals surface area (Å²) in [6, 6.07) is 14.9. The molecule has 0 aliphatic carbocycles. The van der Waals surface area contributed by atoms with Crippen molar-refractivity contribution >= 4 is 10.8 Å². The first-order valence-corrected chi connectivity index (χ1v) is 8.85. The molecule has 0 saturated heterocycles. The minimum atomic E-state index is -0.794. The van der Waals surface area contributed by atoms with Gasteiger partial charge in [-0.05, 0) is 59.9 Å². The van der Waals surface area contributed by atoms with Crippen molar-refractivity contribution in [2.45, 2.75) is 25.7 Å². The lowest BCUT2D eigenvalue weighted by atomic mass is 9.96. The molecule has 0 unspecified atom stereocenters. The van der Waals surface area contributed by atoms with Crippen LogP contribution in [0.15, 0.2) is 73.8 Å². The zero-order valence-corrected chi connectivity index (χ0v) is 14.8. The molecule has 2 heteroatoms. The number of fused-ring (bicyclic) bond motifs is 1. The molecule has 0 N–H and O–H groups in total. The highest BCUT2D eigenvalue weighted by Gasteiger charge is 2.15. The van der Waals surface area contributed by atoms with Crippen LogP contribution < -0.4 is 0 Å². The Balaban J connectivity index is 2.00. The van der Waals surface area contributed by atoms with E-state index in [-0.39, 0.29) is 0 Å². The van der Waals surface area contributed by atoms with Crippen LogP contribution in [0, 0.1) is 11.6 Å². The maximum atomic E-state index is 14.7. The van der Waals surface area contributed by atoms with Gasteiger partial charge in [-0.2, -0.15) is 0 Å². The van der Waals surface area contributed by atoms with E-state index in [1.807, 2.05) is 48.6 Å². The third kappa shape index (κ3) is 3.75. The van der Waals surface area contributed by atoms with E-state index in [2.05, 4.69) is 13.2 Å². The van der Waals surface area contributed by atoms with Gasteiger partial charge in [0.1, 0.15) is 0 Å². The average Bonchev–Trinajstić information content (AvgIpc) is 2.68. The second kappa shape index (κ2) is 8.09. The Bertz CT molecular complexity index is 937. The summed E-state index contributed by atoms with van der Waals surface area (Å²) >= 11 is 0. The van der Waals surface area contributed by atoms with Gasteiger partial charge in [0.25, 0.3) is 0 Å². The van der Waals surface area contributed by atoms with E-state index in [0.717, 1.165) is 36.8 Å². The normalized spacial score (nSPS) is 10.8. The first-order valence-electron chi connectivity index (χ1n) is 8.85. The first-order chi connectivity index (χ1) is 12.6. The monoisotopic (exact) mass is 348 g/mol. The second-order valence-corrected chi connectivity index (χ2v) is 6.46. The third-order valence-electron chi connectivity index (χ3n) is 4.62. The first kappa shape index (κ1) is 18.1. The molecular weight excluding hydrogens is 326 g/mol. The van der Waals surface area contributed by atoms with E-state index < -0.39 is 11.6 Å². The summed E-state index contributed by atoms with van der Waals surface area (Å²) in [5.74, 6) is -1.58. The highest BCUT2D eigenvalue weighted by atomic mass is 19.2. The predicted octanol–water partition coefficient (Wildman–Crippen LogP) is 7.02. The van der Waals surface area contributed by atoms with Crippen LogP contribution >= 0.6 is 0 Å². The minimum absolute atomic E-state index is 0.295. The van der Waals surface area contributed by atoms with Crippen LogP contribution in [0.2, 0.25) is 0 Å². The van der Waals surface area contributed by atoms with Crippen molar-refractivity contribution in [1.82, 2.24) is 0 Å². The average molecular weight is 348 g/mol. The molecule has 0 fully saturated rings. The highest BCUT2D eigenvalue weighted by molar-refractivity contribution is 5.89. The maximum absolute atomic E-state index is 14.7. The van der Waals surface area contributed by atoms with Gasteiger partial charge in [-0.1, -0.05) is 48.6 Å². The minimum Gasteiger partial charge on any atom is -0.203 e. The molecular formula is C24H22F2. The van der Waals surface area contributed by atoms with E-state index in [0.29, 0.717) is 21.9 Å². The van der Waals surface area contributed by atoms with E-state index >= 15 is 0 Å². The number of halogens is 2. The molecule has 0 amide bonds. The van der Waals surface area contributed by atoms with Crippen LogP contribution in [-0.2, 0) is 12.8 Å². The van der Waals surface area contributed by atoms with Crippen LogP contribution in [0.5, 0.6) is 0 Å². The molecule has 0 saturated carbocycles. The number of hydrogen-bond donors (Lipinski definition) is 0. The van der Waals surface area contributed by atoms with Gasteiger partial charge < -0.3 is 0 Å². The summed E-state index contributed by atoms with van der Waals surface area (Å²) < 4.78 is 29.4. The van der Waals surface area contributed by atoms with Crippen LogP contribution in [0.3, 0.4) is 0 Å². The lowest BCUT2D eigenvalue weighted by molar-refractivity contribution is 0.519. The van der Waals surface area contributed by atoms with Crippen molar-refractivity contribution in [2.24, 2.45) is 0 Å². The summed E-state index contributed by atoms with van der Waals surface area (Å²) in [6.45, 7) is 7.42. The van der Waals surface area contributed by atoms with E-state index in [4.69, 9.17) is 0 Å². The molecule has 3 rings (SSSR count). The van der Waals surface area contributed by atoms with Gasteiger partial charge in [-0.25, -0.2) is 8.78 Å². The van der Waals surface area contributed by atoms with Gasteiger partial charge in [0.15, 0.2) is 11.6 Å². The van der Waals surface area contributed by atoms with Crippen molar-refractivity contribution in [3.63, 3.8) is 0 Å². The molecule has 3 aromatic carbocycles. The topological polar surface area (TPSA) is 0 Å². The molecule has 26 heavy (non-hydrogen) atoms. The molecule has 0 aromatic heterocycles. The number of allylic oxidation sites excluding steroid dienone is 2. The molecule has 0 aliphatic rings. The number of aryl methyl sites for hydroxylation is 2. The Morgan fingerprint density at radius 1 is 0.731 bits per heavy atom. The molecule has 0 heterocycles. The van der Waals surface area contributed by atoms with Gasteiger partial charge in [0.2, 0.25) is 0 Å². The molecule has 0 radical (unpaired) electrons. The zero-order valence-electron chi connectivity index (χ0n) is 14.8. The Morgan fingerprint density at radius 3 is 2.00 bits per heavy atom. The quantitative estimate of drug-likeness (QED) is 0.402. The molecule has 3 aromatic rings. The van der Waals surface area contributed by atoms with Gasteiger partial charge >= 0.3 is 0 Å². The predicted molar refractivity (Wildman–Crippen MR) is 106 cm³/mol. The standard InChI is InChI=1S/C24H22F2/c1-3-5-7-17-9-12-19(13-10-17)22-16-20-14-11-18(8-6-4-2)15-21(20)23(25)24(22)26/h3-4,9-16H,1-2,5-8H2. The molecule has 0 atom stereocenters. The van der Waals surface area contributed by atoms with Gasteiger partial charge in [-0.3, -0.25) is 0 Å². The van der Waals surface area contributed by atoms with Gasteiger partial charge in [-0.15, -0.1) is 13.2 Å². The summed E-state index contributed by atoms with van der Waals surface area (Å²) in [4.78, 5) is 0. The van der Waals surface area contributed by atoms with E-state index in [9.17, 15) is 8.78 Å². The molecule has 0 spiro atoms. The fourth-order valence-corrected chi connectivity index (χ4v) is 3.13. The van der Waals surface area contributed by atoms with E-state index in [1.54, 1.807) is 12.1 Å².